The number of nitrogens with zero attached hydrogens (tertiary/aromatic N) is 4. The Morgan fingerprint density at radius 1 is 1.09 bits per heavy atom. The van der Waals surface area contributed by atoms with E-state index in [1.54, 1.807) is 16.6 Å². The van der Waals surface area contributed by atoms with Gasteiger partial charge in [-0.15, -0.1) is 0 Å². The molecule has 0 spiro atoms. The van der Waals surface area contributed by atoms with Crippen LogP contribution >= 0.6 is 0 Å². The van der Waals surface area contributed by atoms with Crippen LogP contribution < -0.4 is 15.6 Å². The Morgan fingerprint density at radius 3 is 2.60 bits per heavy atom. The highest BCUT2D eigenvalue weighted by molar-refractivity contribution is 5.91. The molecule has 0 unspecified atom stereocenters. The van der Waals surface area contributed by atoms with Crippen LogP contribution in [0.3, 0.4) is 0 Å². The minimum Gasteiger partial charge on any atom is -0.484 e. The van der Waals surface area contributed by atoms with Crippen LogP contribution in [-0.4, -0.2) is 38.0 Å². The minimum absolute atomic E-state index is 0.0435. The van der Waals surface area contributed by atoms with Crippen molar-refractivity contribution in [3.63, 3.8) is 0 Å². The van der Waals surface area contributed by atoms with Crippen molar-refractivity contribution in [2.45, 2.75) is 51.6 Å². The first kappa shape index (κ1) is 22.8. The maximum absolute atomic E-state index is 12.4. The molecule has 1 aliphatic carbocycles. The van der Waals surface area contributed by atoms with Crippen molar-refractivity contribution in [3.8, 4) is 28.3 Å². The number of nitrogens with one attached hydrogen (secondary N) is 1. The smallest absolute Gasteiger partial charge is 0.267 e. The van der Waals surface area contributed by atoms with E-state index in [9.17, 15) is 9.59 Å². The van der Waals surface area contributed by atoms with E-state index in [0.29, 0.717) is 11.4 Å². The average Bonchev–Trinajstić information content (AvgIpc) is 3.51. The van der Waals surface area contributed by atoms with Crippen LogP contribution in [0.5, 0.6) is 5.75 Å². The Morgan fingerprint density at radius 2 is 1.86 bits per heavy atom. The number of rotatable bonds is 7. The van der Waals surface area contributed by atoms with Gasteiger partial charge in [0.15, 0.2) is 6.61 Å². The van der Waals surface area contributed by atoms with Gasteiger partial charge in [-0.3, -0.25) is 9.59 Å². The van der Waals surface area contributed by atoms with Crippen LogP contribution in [0.1, 0.15) is 45.6 Å². The van der Waals surface area contributed by atoms with Gasteiger partial charge in [0.2, 0.25) is 0 Å². The van der Waals surface area contributed by atoms with Gasteiger partial charge in [0.25, 0.3) is 11.5 Å². The van der Waals surface area contributed by atoms with Gasteiger partial charge in [-0.1, -0.05) is 43.2 Å². The lowest BCUT2D eigenvalue weighted by atomic mass is 10.0. The molecular formula is C27H29N5O3. The summed E-state index contributed by atoms with van der Waals surface area (Å²) in [6.07, 6.45) is 6.20. The SMILES string of the molecule is CC(C)n1nc(-c2c(-c3ccccc3)nn3ccc(OCC(=O)NC4CCCC4)cc23)ccc1=O. The van der Waals surface area contributed by atoms with Gasteiger partial charge in [-0.2, -0.15) is 10.2 Å². The maximum atomic E-state index is 12.4. The average molecular weight is 472 g/mol. The third kappa shape index (κ3) is 4.82. The Kier molecular flexibility index (Phi) is 6.35. The van der Waals surface area contributed by atoms with E-state index in [-0.39, 0.29) is 30.2 Å². The van der Waals surface area contributed by atoms with Crippen LogP contribution in [0.25, 0.3) is 28.0 Å². The number of hydrogen-bond donors (Lipinski definition) is 1. The summed E-state index contributed by atoms with van der Waals surface area (Å²) in [5.41, 5.74) is 3.75. The third-order valence-electron chi connectivity index (χ3n) is 6.31. The molecule has 35 heavy (non-hydrogen) atoms. The molecule has 0 radical (unpaired) electrons. The van der Waals surface area contributed by atoms with E-state index >= 15 is 0 Å². The van der Waals surface area contributed by atoms with Gasteiger partial charge in [-0.25, -0.2) is 9.20 Å². The van der Waals surface area contributed by atoms with E-state index in [1.165, 1.54) is 10.7 Å². The second-order valence-corrected chi connectivity index (χ2v) is 9.21. The molecule has 1 saturated carbocycles. The molecule has 3 heterocycles. The van der Waals surface area contributed by atoms with Gasteiger partial charge >= 0.3 is 0 Å². The van der Waals surface area contributed by atoms with Crippen LogP contribution in [0.4, 0.5) is 0 Å². The summed E-state index contributed by atoms with van der Waals surface area (Å²) in [6.45, 7) is 3.81. The van der Waals surface area contributed by atoms with Gasteiger partial charge < -0.3 is 10.1 Å². The Hall–Kier alpha value is -3.94. The molecule has 3 aromatic heterocycles. The first-order chi connectivity index (χ1) is 17.0. The zero-order valence-electron chi connectivity index (χ0n) is 20.0. The van der Waals surface area contributed by atoms with Crippen molar-refractivity contribution >= 4 is 11.4 Å². The van der Waals surface area contributed by atoms with E-state index in [2.05, 4.69) is 10.4 Å². The van der Waals surface area contributed by atoms with Gasteiger partial charge in [0, 0.05) is 29.9 Å². The van der Waals surface area contributed by atoms with Crippen molar-refractivity contribution in [1.29, 1.82) is 0 Å². The summed E-state index contributed by atoms with van der Waals surface area (Å²) < 4.78 is 9.09. The highest BCUT2D eigenvalue weighted by atomic mass is 16.5. The Labute approximate surface area is 203 Å². The molecule has 8 nitrogen and oxygen atoms in total. The lowest BCUT2D eigenvalue weighted by molar-refractivity contribution is -0.123. The van der Waals surface area contributed by atoms with E-state index in [4.69, 9.17) is 9.84 Å². The number of fused-ring (bicyclic) bond motifs is 1. The quantitative estimate of drug-likeness (QED) is 0.435. The van der Waals surface area contributed by atoms with Gasteiger partial charge in [0.1, 0.15) is 11.4 Å². The molecule has 1 aliphatic rings. The molecule has 0 atom stereocenters. The number of carbonyl (C=O) groups is 1. The van der Waals surface area contributed by atoms with E-state index in [1.807, 2.05) is 56.4 Å². The predicted molar refractivity (Wildman–Crippen MR) is 134 cm³/mol. The highest BCUT2D eigenvalue weighted by Gasteiger charge is 2.20. The summed E-state index contributed by atoms with van der Waals surface area (Å²) in [7, 11) is 0. The first-order valence-corrected chi connectivity index (χ1v) is 12.1. The summed E-state index contributed by atoms with van der Waals surface area (Å²) in [5, 5.41) is 12.5. The molecule has 4 aromatic rings. The molecule has 5 rings (SSSR count). The maximum Gasteiger partial charge on any atom is 0.267 e. The zero-order chi connectivity index (χ0) is 24.4. The topological polar surface area (TPSA) is 90.5 Å². The van der Waals surface area contributed by atoms with Crippen LogP contribution in [0, 0.1) is 0 Å². The number of hydrogen-bond acceptors (Lipinski definition) is 5. The van der Waals surface area contributed by atoms with Crippen molar-refractivity contribution < 1.29 is 9.53 Å². The predicted octanol–water partition coefficient (Wildman–Crippen LogP) is 4.24. The number of amides is 1. The van der Waals surface area contributed by atoms with Crippen LogP contribution in [-0.2, 0) is 4.79 Å². The number of aromatic nitrogens is 4. The summed E-state index contributed by atoms with van der Waals surface area (Å²) in [6, 6.07) is 17.0. The largest absolute Gasteiger partial charge is 0.484 e. The minimum atomic E-state index is -0.154. The second kappa shape index (κ2) is 9.74. The normalized spacial score (nSPS) is 14.0. The molecule has 0 bridgehead atoms. The monoisotopic (exact) mass is 471 g/mol. The van der Waals surface area contributed by atoms with Crippen LogP contribution in [0.15, 0.2) is 65.6 Å². The fourth-order valence-electron chi connectivity index (χ4n) is 4.58. The number of benzene rings is 1. The lowest BCUT2D eigenvalue weighted by Crippen LogP contribution is -2.36. The third-order valence-corrected chi connectivity index (χ3v) is 6.31. The highest BCUT2D eigenvalue weighted by Crippen LogP contribution is 2.35. The zero-order valence-corrected chi connectivity index (χ0v) is 20.0. The Balaban J connectivity index is 1.53. The molecule has 0 saturated heterocycles. The van der Waals surface area contributed by atoms with Crippen molar-refractivity contribution in [2.24, 2.45) is 0 Å². The van der Waals surface area contributed by atoms with E-state index < -0.39 is 0 Å². The number of pyridine rings is 1. The second-order valence-electron chi connectivity index (χ2n) is 9.21. The summed E-state index contributed by atoms with van der Waals surface area (Å²) >= 11 is 0. The molecule has 8 heteroatoms. The van der Waals surface area contributed by atoms with Gasteiger partial charge in [-0.05, 0) is 38.8 Å². The first-order valence-electron chi connectivity index (χ1n) is 12.1. The fraction of sp³-hybridized carbons (Fsp3) is 0.333. The standard InChI is InChI=1S/C27H29N5O3/c1-18(2)32-25(34)13-12-22(29-32)26-23-16-21(35-17-24(33)28-20-10-6-7-11-20)14-15-31(23)30-27(26)19-8-4-3-5-9-19/h3-5,8-9,12-16,18,20H,6-7,10-11,17H2,1-2H3,(H,28,33). The molecule has 0 aliphatic heterocycles. The van der Waals surface area contributed by atoms with Crippen LogP contribution in [0.2, 0.25) is 0 Å². The summed E-state index contributed by atoms with van der Waals surface area (Å²) in [5.74, 6) is 0.457. The Bertz CT molecular complexity index is 1400. The summed E-state index contributed by atoms with van der Waals surface area (Å²) in [4.78, 5) is 24.7. The lowest BCUT2D eigenvalue weighted by Gasteiger charge is -2.13. The van der Waals surface area contributed by atoms with Crippen molar-refractivity contribution in [1.82, 2.24) is 24.7 Å². The van der Waals surface area contributed by atoms with Gasteiger partial charge in [0.05, 0.1) is 22.8 Å². The molecular weight excluding hydrogens is 442 g/mol. The fourth-order valence-corrected chi connectivity index (χ4v) is 4.58. The van der Waals surface area contributed by atoms with Crippen molar-refractivity contribution in [3.05, 3.63) is 71.1 Å². The van der Waals surface area contributed by atoms with Crippen molar-refractivity contribution in [2.75, 3.05) is 6.61 Å². The van der Waals surface area contributed by atoms with E-state index in [0.717, 1.165) is 48.0 Å². The molecule has 1 fully saturated rings. The number of carbonyl (C=O) groups excluding carboxylic acids is 1. The molecule has 1 aromatic carbocycles. The molecule has 180 valence electrons. The molecule has 1 N–H and O–H groups in total. The number of ether oxygens (including phenoxy) is 1. The molecule has 1 amide bonds.